The van der Waals surface area contributed by atoms with Crippen LogP contribution in [0.25, 0.3) is 0 Å². The molecule has 0 saturated carbocycles. The van der Waals surface area contributed by atoms with E-state index in [9.17, 15) is 9.18 Å². The number of hydrogen-bond donors (Lipinski definition) is 0. The maximum atomic E-state index is 13.8. The van der Waals surface area contributed by atoms with E-state index in [0.717, 1.165) is 0 Å². The summed E-state index contributed by atoms with van der Waals surface area (Å²) in [4.78, 5) is 23.7. The number of anilines is 1. The molecule has 0 aliphatic carbocycles. The quantitative estimate of drug-likeness (QED) is 0.841. The minimum atomic E-state index is -0.228. The Morgan fingerprint density at radius 2 is 1.71 bits per heavy atom. The summed E-state index contributed by atoms with van der Waals surface area (Å²) in [6.07, 6.45) is 4.42. The molecule has 0 unspecified atom stereocenters. The first kappa shape index (κ1) is 13.5. The summed E-state index contributed by atoms with van der Waals surface area (Å²) in [6, 6.07) is 6.71. The Balaban J connectivity index is 1.66. The van der Waals surface area contributed by atoms with Gasteiger partial charge in [0.25, 0.3) is 5.91 Å². The second kappa shape index (κ2) is 5.87. The van der Waals surface area contributed by atoms with Gasteiger partial charge in [-0.25, -0.2) is 14.4 Å². The van der Waals surface area contributed by atoms with E-state index in [1.807, 2.05) is 11.0 Å². The van der Waals surface area contributed by atoms with E-state index in [1.54, 1.807) is 17.0 Å². The van der Waals surface area contributed by atoms with E-state index in [0.29, 0.717) is 37.4 Å². The van der Waals surface area contributed by atoms with Gasteiger partial charge in [-0.3, -0.25) is 4.79 Å². The number of carbonyl (C=O) groups is 1. The molecule has 6 heteroatoms. The Morgan fingerprint density at radius 3 is 2.38 bits per heavy atom. The van der Waals surface area contributed by atoms with E-state index in [2.05, 4.69) is 9.97 Å². The lowest BCUT2D eigenvalue weighted by atomic mass is 10.2. The minimum Gasteiger partial charge on any atom is -0.366 e. The Hall–Kier alpha value is -2.50. The number of piperazine rings is 1. The highest BCUT2D eigenvalue weighted by molar-refractivity contribution is 5.93. The van der Waals surface area contributed by atoms with Crippen LogP contribution >= 0.6 is 0 Å². The number of halogens is 1. The minimum absolute atomic E-state index is 0.0798. The Morgan fingerprint density at radius 1 is 1.05 bits per heavy atom. The molecule has 108 valence electrons. The highest BCUT2D eigenvalue weighted by Crippen LogP contribution is 2.20. The summed E-state index contributed by atoms with van der Waals surface area (Å²) in [5.41, 5.74) is 1.07. The lowest BCUT2D eigenvalue weighted by Gasteiger charge is -2.36. The Bertz CT molecular complexity index is 627. The Labute approximate surface area is 122 Å². The van der Waals surface area contributed by atoms with E-state index in [4.69, 9.17) is 0 Å². The van der Waals surface area contributed by atoms with E-state index in [1.165, 1.54) is 24.8 Å². The van der Waals surface area contributed by atoms with Crippen molar-refractivity contribution < 1.29 is 9.18 Å². The van der Waals surface area contributed by atoms with Crippen LogP contribution in [0.4, 0.5) is 10.1 Å². The summed E-state index contributed by atoms with van der Waals surface area (Å²) in [7, 11) is 0. The molecule has 21 heavy (non-hydrogen) atoms. The number of amides is 1. The van der Waals surface area contributed by atoms with Crippen molar-refractivity contribution in [2.75, 3.05) is 31.1 Å². The van der Waals surface area contributed by atoms with Gasteiger partial charge in [-0.2, -0.15) is 0 Å². The van der Waals surface area contributed by atoms with Crippen LogP contribution in [0.3, 0.4) is 0 Å². The molecule has 1 fully saturated rings. The topological polar surface area (TPSA) is 49.3 Å². The van der Waals surface area contributed by atoms with Crippen LogP contribution in [0.1, 0.15) is 10.4 Å². The van der Waals surface area contributed by atoms with Gasteiger partial charge in [-0.05, 0) is 12.1 Å². The molecule has 5 nitrogen and oxygen atoms in total. The van der Waals surface area contributed by atoms with Crippen LogP contribution in [0.2, 0.25) is 0 Å². The first-order valence-corrected chi connectivity index (χ1v) is 6.79. The molecule has 3 rings (SSSR count). The van der Waals surface area contributed by atoms with Crippen molar-refractivity contribution in [3.8, 4) is 0 Å². The lowest BCUT2D eigenvalue weighted by molar-refractivity contribution is 0.0745. The van der Waals surface area contributed by atoms with Gasteiger partial charge >= 0.3 is 0 Å². The van der Waals surface area contributed by atoms with Crippen molar-refractivity contribution in [1.29, 1.82) is 0 Å². The zero-order chi connectivity index (χ0) is 14.7. The van der Waals surface area contributed by atoms with Crippen molar-refractivity contribution in [2.45, 2.75) is 0 Å². The zero-order valence-electron chi connectivity index (χ0n) is 11.4. The molecular formula is C15H15FN4O. The molecule has 1 aromatic heterocycles. The van der Waals surface area contributed by atoms with Crippen LogP contribution in [0.5, 0.6) is 0 Å². The maximum absolute atomic E-state index is 13.8. The fourth-order valence-corrected chi connectivity index (χ4v) is 2.45. The van der Waals surface area contributed by atoms with Crippen LogP contribution in [0, 0.1) is 5.82 Å². The summed E-state index contributed by atoms with van der Waals surface area (Å²) in [6.45, 7) is 2.34. The lowest BCUT2D eigenvalue weighted by Crippen LogP contribution is -2.49. The highest BCUT2D eigenvalue weighted by Gasteiger charge is 2.23. The standard InChI is InChI=1S/C15H15FN4O/c16-13-3-1-2-4-14(13)19-5-7-20(8-6-19)15(21)12-9-17-11-18-10-12/h1-4,9-11H,5-8H2. The first-order valence-electron chi connectivity index (χ1n) is 6.79. The number of rotatable bonds is 2. The van der Waals surface area contributed by atoms with Gasteiger partial charge in [-0.1, -0.05) is 12.1 Å². The van der Waals surface area contributed by atoms with Gasteiger partial charge in [-0.15, -0.1) is 0 Å². The summed E-state index contributed by atoms with van der Waals surface area (Å²) in [5.74, 6) is -0.308. The molecule has 0 spiro atoms. The molecule has 1 amide bonds. The van der Waals surface area contributed by atoms with Gasteiger partial charge < -0.3 is 9.80 Å². The van der Waals surface area contributed by atoms with Gasteiger partial charge in [0.15, 0.2) is 0 Å². The third-order valence-corrected chi connectivity index (χ3v) is 3.57. The average Bonchev–Trinajstić information content (AvgIpc) is 2.56. The summed E-state index contributed by atoms with van der Waals surface area (Å²) < 4.78 is 13.8. The van der Waals surface area contributed by atoms with Crippen LogP contribution < -0.4 is 4.90 Å². The van der Waals surface area contributed by atoms with Crippen molar-refractivity contribution in [3.05, 3.63) is 54.4 Å². The number of para-hydroxylation sites is 1. The molecule has 1 aliphatic rings. The second-order valence-corrected chi connectivity index (χ2v) is 4.86. The number of benzene rings is 1. The monoisotopic (exact) mass is 286 g/mol. The molecule has 2 heterocycles. The van der Waals surface area contributed by atoms with Crippen LogP contribution in [-0.4, -0.2) is 47.0 Å². The van der Waals surface area contributed by atoms with Crippen molar-refractivity contribution in [1.82, 2.24) is 14.9 Å². The predicted octanol–water partition coefficient (Wildman–Crippen LogP) is 1.58. The molecule has 2 aromatic rings. The maximum Gasteiger partial charge on any atom is 0.257 e. The van der Waals surface area contributed by atoms with Gasteiger partial charge in [0.2, 0.25) is 0 Å². The third-order valence-electron chi connectivity index (χ3n) is 3.57. The van der Waals surface area contributed by atoms with Crippen molar-refractivity contribution in [2.24, 2.45) is 0 Å². The molecule has 0 radical (unpaired) electrons. The fraction of sp³-hybridized carbons (Fsp3) is 0.267. The number of nitrogens with zero attached hydrogens (tertiary/aromatic N) is 4. The smallest absolute Gasteiger partial charge is 0.257 e. The molecule has 1 aromatic carbocycles. The molecule has 1 aliphatic heterocycles. The molecule has 0 atom stereocenters. The van der Waals surface area contributed by atoms with Crippen LogP contribution in [0.15, 0.2) is 43.0 Å². The summed E-state index contributed by atoms with van der Waals surface area (Å²) in [5, 5.41) is 0. The van der Waals surface area contributed by atoms with E-state index < -0.39 is 0 Å². The molecular weight excluding hydrogens is 271 g/mol. The van der Waals surface area contributed by atoms with Gasteiger partial charge in [0, 0.05) is 38.6 Å². The zero-order valence-corrected chi connectivity index (χ0v) is 11.4. The number of hydrogen-bond acceptors (Lipinski definition) is 4. The summed E-state index contributed by atoms with van der Waals surface area (Å²) >= 11 is 0. The van der Waals surface area contributed by atoms with E-state index >= 15 is 0 Å². The highest BCUT2D eigenvalue weighted by atomic mass is 19.1. The SMILES string of the molecule is O=C(c1cncnc1)N1CCN(c2ccccc2F)CC1. The average molecular weight is 286 g/mol. The van der Waals surface area contributed by atoms with Gasteiger partial charge in [0.1, 0.15) is 12.1 Å². The fourth-order valence-electron chi connectivity index (χ4n) is 2.45. The number of carbonyl (C=O) groups excluding carboxylic acids is 1. The molecule has 0 N–H and O–H groups in total. The second-order valence-electron chi connectivity index (χ2n) is 4.86. The van der Waals surface area contributed by atoms with E-state index in [-0.39, 0.29) is 11.7 Å². The van der Waals surface area contributed by atoms with Crippen LogP contribution in [-0.2, 0) is 0 Å². The third kappa shape index (κ3) is 2.84. The van der Waals surface area contributed by atoms with Crippen molar-refractivity contribution in [3.63, 3.8) is 0 Å². The molecule has 1 saturated heterocycles. The van der Waals surface area contributed by atoms with Crippen molar-refractivity contribution >= 4 is 11.6 Å². The normalized spacial score (nSPS) is 15.1. The predicted molar refractivity (Wildman–Crippen MR) is 76.5 cm³/mol. The number of aromatic nitrogens is 2. The molecule has 0 bridgehead atoms. The first-order chi connectivity index (χ1) is 10.3. The van der Waals surface area contributed by atoms with Gasteiger partial charge in [0.05, 0.1) is 11.3 Å². The Kier molecular flexibility index (Phi) is 3.77. The largest absolute Gasteiger partial charge is 0.366 e.